The Morgan fingerprint density at radius 1 is 1.62 bits per heavy atom. The standard InChI is InChI=1S/C16H18FNO3/c1-4-7-21-14-6-5-11-9(2)12(17)8-13(18-10(3)19)15(11)16(14)20/h4,8,14H,1,5-7H2,2-3H3,(H,18,19). The van der Waals surface area contributed by atoms with E-state index in [1.807, 2.05) is 0 Å². The van der Waals surface area contributed by atoms with E-state index >= 15 is 0 Å². The molecule has 0 aliphatic heterocycles. The fraction of sp³-hybridized carbons (Fsp3) is 0.375. The summed E-state index contributed by atoms with van der Waals surface area (Å²) in [6, 6.07) is 1.20. The molecular weight excluding hydrogens is 273 g/mol. The molecule has 0 spiro atoms. The highest BCUT2D eigenvalue weighted by Gasteiger charge is 2.32. The molecule has 0 aromatic heterocycles. The van der Waals surface area contributed by atoms with Crippen LogP contribution in [0.5, 0.6) is 0 Å². The molecule has 1 N–H and O–H groups in total. The number of fused-ring (bicyclic) bond motifs is 1. The first-order chi connectivity index (χ1) is 9.95. The van der Waals surface area contributed by atoms with Crippen molar-refractivity contribution in [2.45, 2.75) is 32.8 Å². The van der Waals surface area contributed by atoms with Gasteiger partial charge in [0.05, 0.1) is 12.3 Å². The normalized spacial score (nSPS) is 17.3. The van der Waals surface area contributed by atoms with Gasteiger partial charge in [-0.25, -0.2) is 4.39 Å². The van der Waals surface area contributed by atoms with Crippen molar-refractivity contribution >= 4 is 17.4 Å². The van der Waals surface area contributed by atoms with Crippen molar-refractivity contribution < 1.29 is 18.7 Å². The Morgan fingerprint density at radius 2 is 2.33 bits per heavy atom. The van der Waals surface area contributed by atoms with Crippen molar-refractivity contribution in [3.05, 3.63) is 41.2 Å². The summed E-state index contributed by atoms with van der Waals surface area (Å²) < 4.78 is 19.4. The summed E-state index contributed by atoms with van der Waals surface area (Å²) in [7, 11) is 0. The maximum absolute atomic E-state index is 13.9. The van der Waals surface area contributed by atoms with Crippen LogP contribution in [0.2, 0.25) is 0 Å². The van der Waals surface area contributed by atoms with Crippen LogP contribution in [0.3, 0.4) is 0 Å². The number of ketones is 1. The lowest BCUT2D eigenvalue weighted by molar-refractivity contribution is -0.114. The summed E-state index contributed by atoms with van der Waals surface area (Å²) in [5, 5.41) is 2.53. The Morgan fingerprint density at radius 3 is 2.95 bits per heavy atom. The van der Waals surface area contributed by atoms with E-state index in [0.29, 0.717) is 29.5 Å². The zero-order valence-corrected chi connectivity index (χ0v) is 12.2. The van der Waals surface area contributed by atoms with Crippen molar-refractivity contribution in [2.24, 2.45) is 0 Å². The maximum Gasteiger partial charge on any atom is 0.221 e. The number of hydrogen-bond acceptors (Lipinski definition) is 3. The van der Waals surface area contributed by atoms with E-state index in [0.717, 1.165) is 0 Å². The van der Waals surface area contributed by atoms with Gasteiger partial charge in [-0.2, -0.15) is 0 Å². The summed E-state index contributed by atoms with van der Waals surface area (Å²) >= 11 is 0. The fourth-order valence-corrected chi connectivity index (χ4v) is 2.59. The molecular formula is C16H18FNO3. The highest BCUT2D eigenvalue weighted by molar-refractivity contribution is 6.09. The summed E-state index contributed by atoms with van der Waals surface area (Å²) in [6.45, 7) is 6.80. The van der Waals surface area contributed by atoms with Crippen molar-refractivity contribution in [1.29, 1.82) is 0 Å². The van der Waals surface area contributed by atoms with Gasteiger partial charge in [-0.15, -0.1) is 6.58 Å². The number of Topliss-reactive ketones (excluding diaryl/α,β-unsaturated/α-hetero) is 1. The molecule has 1 amide bonds. The second-order valence-corrected chi connectivity index (χ2v) is 5.08. The third-order valence-corrected chi connectivity index (χ3v) is 3.57. The number of amides is 1. The van der Waals surface area contributed by atoms with Crippen LogP contribution < -0.4 is 5.32 Å². The predicted octanol–water partition coefficient (Wildman–Crippen LogP) is 2.79. The van der Waals surface area contributed by atoms with Crippen LogP contribution in [-0.2, 0) is 16.0 Å². The van der Waals surface area contributed by atoms with Gasteiger partial charge in [0.1, 0.15) is 11.9 Å². The van der Waals surface area contributed by atoms with Gasteiger partial charge in [-0.05, 0) is 37.0 Å². The smallest absolute Gasteiger partial charge is 0.221 e. The minimum Gasteiger partial charge on any atom is -0.366 e. The van der Waals surface area contributed by atoms with E-state index in [2.05, 4.69) is 11.9 Å². The highest BCUT2D eigenvalue weighted by Crippen LogP contribution is 2.33. The lowest BCUT2D eigenvalue weighted by Crippen LogP contribution is -2.32. The minimum atomic E-state index is -0.576. The van der Waals surface area contributed by atoms with Crippen LogP contribution in [-0.4, -0.2) is 24.4 Å². The average Bonchev–Trinajstić information content (AvgIpc) is 2.42. The number of nitrogens with one attached hydrogen (secondary N) is 1. The molecule has 2 rings (SSSR count). The van der Waals surface area contributed by atoms with Crippen molar-refractivity contribution in [1.82, 2.24) is 0 Å². The SMILES string of the molecule is C=CCOC1CCc2c(C)c(F)cc(NC(C)=O)c2C1=O. The van der Waals surface area contributed by atoms with Crippen molar-refractivity contribution in [3.8, 4) is 0 Å². The molecule has 21 heavy (non-hydrogen) atoms. The number of anilines is 1. The molecule has 112 valence electrons. The summed E-state index contributed by atoms with van der Waals surface area (Å²) in [4.78, 5) is 23.8. The van der Waals surface area contributed by atoms with Crippen LogP contribution in [0.4, 0.5) is 10.1 Å². The van der Waals surface area contributed by atoms with Crippen molar-refractivity contribution in [3.63, 3.8) is 0 Å². The van der Waals surface area contributed by atoms with E-state index in [1.54, 1.807) is 13.0 Å². The van der Waals surface area contributed by atoms with Gasteiger partial charge in [-0.1, -0.05) is 6.08 Å². The molecule has 1 aliphatic carbocycles. The topological polar surface area (TPSA) is 55.4 Å². The third-order valence-electron chi connectivity index (χ3n) is 3.57. The average molecular weight is 291 g/mol. The molecule has 4 nitrogen and oxygen atoms in total. The molecule has 0 fully saturated rings. The van der Waals surface area contributed by atoms with Crippen LogP contribution in [0.15, 0.2) is 18.7 Å². The Kier molecular flexibility index (Phi) is 4.53. The van der Waals surface area contributed by atoms with Gasteiger partial charge >= 0.3 is 0 Å². The molecule has 0 heterocycles. The van der Waals surface area contributed by atoms with E-state index in [9.17, 15) is 14.0 Å². The Labute approximate surface area is 123 Å². The Hall–Kier alpha value is -2.01. The fourth-order valence-electron chi connectivity index (χ4n) is 2.59. The Bertz CT molecular complexity index is 610. The molecule has 0 saturated carbocycles. The van der Waals surface area contributed by atoms with Gasteiger partial charge in [0, 0.05) is 12.5 Å². The molecule has 0 saturated heterocycles. The molecule has 5 heteroatoms. The largest absolute Gasteiger partial charge is 0.366 e. The highest BCUT2D eigenvalue weighted by atomic mass is 19.1. The zero-order valence-electron chi connectivity index (χ0n) is 12.2. The molecule has 1 unspecified atom stereocenters. The van der Waals surface area contributed by atoms with Crippen LogP contribution in [0.1, 0.15) is 34.8 Å². The molecule has 1 atom stereocenters. The van der Waals surface area contributed by atoms with Gasteiger partial charge in [-0.3, -0.25) is 9.59 Å². The number of carbonyl (C=O) groups excluding carboxylic acids is 2. The maximum atomic E-state index is 13.9. The number of benzene rings is 1. The lowest BCUT2D eigenvalue weighted by atomic mass is 9.84. The van der Waals surface area contributed by atoms with Crippen LogP contribution >= 0.6 is 0 Å². The van der Waals surface area contributed by atoms with Gasteiger partial charge in [0.25, 0.3) is 0 Å². The first kappa shape index (κ1) is 15.4. The van der Waals surface area contributed by atoms with Crippen molar-refractivity contribution in [2.75, 3.05) is 11.9 Å². The Balaban J connectivity index is 2.47. The van der Waals surface area contributed by atoms with E-state index in [-0.39, 0.29) is 24.0 Å². The third kappa shape index (κ3) is 3.03. The van der Waals surface area contributed by atoms with Gasteiger partial charge in [0.15, 0.2) is 5.78 Å². The molecule has 1 aromatic rings. The van der Waals surface area contributed by atoms with Gasteiger partial charge in [0.2, 0.25) is 5.91 Å². The second kappa shape index (κ2) is 6.18. The number of carbonyl (C=O) groups is 2. The summed E-state index contributed by atoms with van der Waals surface area (Å²) in [5.41, 5.74) is 1.69. The number of halogens is 1. The molecule has 1 aliphatic rings. The summed E-state index contributed by atoms with van der Waals surface area (Å²) in [6.07, 6.45) is 2.04. The quantitative estimate of drug-likeness (QED) is 0.868. The lowest BCUT2D eigenvalue weighted by Gasteiger charge is -2.26. The minimum absolute atomic E-state index is 0.218. The van der Waals surface area contributed by atoms with Crippen LogP contribution in [0, 0.1) is 12.7 Å². The number of rotatable bonds is 4. The molecule has 1 aromatic carbocycles. The van der Waals surface area contributed by atoms with E-state index in [1.165, 1.54) is 13.0 Å². The monoisotopic (exact) mass is 291 g/mol. The van der Waals surface area contributed by atoms with E-state index < -0.39 is 11.9 Å². The second-order valence-electron chi connectivity index (χ2n) is 5.08. The predicted molar refractivity (Wildman–Crippen MR) is 78.0 cm³/mol. The molecule has 0 bridgehead atoms. The zero-order chi connectivity index (χ0) is 15.6. The van der Waals surface area contributed by atoms with E-state index in [4.69, 9.17) is 4.74 Å². The number of hydrogen-bond donors (Lipinski definition) is 1. The summed E-state index contributed by atoms with van der Waals surface area (Å²) in [5.74, 6) is -0.983. The van der Waals surface area contributed by atoms with Crippen LogP contribution in [0.25, 0.3) is 0 Å². The first-order valence-electron chi connectivity index (χ1n) is 6.82. The first-order valence-corrected chi connectivity index (χ1v) is 6.82. The number of ether oxygens (including phenoxy) is 1. The molecule has 0 radical (unpaired) electrons. The van der Waals surface area contributed by atoms with Gasteiger partial charge < -0.3 is 10.1 Å².